The third kappa shape index (κ3) is 1.52. The van der Waals surface area contributed by atoms with Gasteiger partial charge in [-0.2, -0.15) is 0 Å². The smallest absolute Gasteiger partial charge is 0.307 e. The van der Waals surface area contributed by atoms with Crippen LogP contribution in [0.1, 0.15) is 25.3 Å². The predicted octanol–water partition coefficient (Wildman–Crippen LogP) is 2.58. The lowest BCUT2D eigenvalue weighted by atomic mass is 9.90. The Balaban J connectivity index is 2.34. The second-order valence-electron chi connectivity index (χ2n) is 4.11. The summed E-state index contributed by atoms with van der Waals surface area (Å²) in [6.45, 7) is 1.95. The van der Waals surface area contributed by atoms with Crippen molar-refractivity contribution in [1.29, 1.82) is 0 Å². The van der Waals surface area contributed by atoms with E-state index in [9.17, 15) is 9.18 Å². The van der Waals surface area contributed by atoms with Crippen molar-refractivity contribution in [3.63, 3.8) is 0 Å². The molecule has 1 aromatic rings. The summed E-state index contributed by atoms with van der Waals surface area (Å²) in [6, 6.07) is 6.28. The largest absolute Gasteiger partial charge is 0.481 e. The van der Waals surface area contributed by atoms with Crippen LogP contribution >= 0.6 is 0 Å². The Morgan fingerprint density at radius 3 is 2.87 bits per heavy atom. The summed E-state index contributed by atoms with van der Waals surface area (Å²) >= 11 is 0. The van der Waals surface area contributed by atoms with Gasteiger partial charge >= 0.3 is 5.97 Å². The van der Waals surface area contributed by atoms with Crippen molar-refractivity contribution in [2.24, 2.45) is 5.92 Å². The van der Waals surface area contributed by atoms with Crippen molar-refractivity contribution in [2.75, 3.05) is 0 Å². The van der Waals surface area contributed by atoms with Crippen LogP contribution in [0.3, 0.4) is 0 Å². The minimum absolute atomic E-state index is 0.295. The number of rotatable bonds is 3. The summed E-state index contributed by atoms with van der Waals surface area (Å²) in [7, 11) is 0. The lowest BCUT2D eigenvalue weighted by Crippen LogP contribution is -2.14. The van der Waals surface area contributed by atoms with E-state index in [4.69, 9.17) is 5.11 Å². The molecule has 15 heavy (non-hydrogen) atoms. The molecule has 0 bridgehead atoms. The Bertz CT molecular complexity index is 402. The van der Waals surface area contributed by atoms with Gasteiger partial charge in [0.25, 0.3) is 0 Å². The number of aliphatic carboxylic acids is 1. The molecule has 1 fully saturated rings. The van der Waals surface area contributed by atoms with Gasteiger partial charge in [-0.05, 0) is 30.5 Å². The van der Waals surface area contributed by atoms with Crippen molar-refractivity contribution >= 4 is 5.97 Å². The molecule has 1 saturated carbocycles. The summed E-state index contributed by atoms with van der Waals surface area (Å²) in [6.07, 6.45) is 1.37. The van der Waals surface area contributed by atoms with Gasteiger partial charge in [0.15, 0.2) is 0 Å². The first-order valence-electron chi connectivity index (χ1n) is 5.09. The van der Waals surface area contributed by atoms with Crippen molar-refractivity contribution < 1.29 is 14.3 Å². The van der Waals surface area contributed by atoms with Crippen LogP contribution in [0.25, 0.3) is 0 Å². The van der Waals surface area contributed by atoms with Crippen LogP contribution in [0.5, 0.6) is 0 Å². The van der Waals surface area contributed by atoms with E-state index in [2.05, 4.69) is 0 Å². The molecule has 2 rings (SSSR count). The highest BCUT2D eigenvalue weighted by Crippen LogP contribution is 2.56. The molecule has 1 aliphatic rings. The summed E-state index contributed by atoms with van der Waals surface area (Å²) in [5.74, 6) is -1.42. The zero-order valence-electron chi connectivity index (χ0n) is 8.53. The van der Waals surface area contributed by atoms with E-state index in [1.165, 1.54) is 12.1 Å². The lowest BCUT2D eigenvalue weighted by Gasteiger charge is -2.14. The van der Waals surface area contributed by atoms with E-state index in [-0.39, 0.29) is 17.2 Å². The first-order valence-corrected chi connectivity index (χ1v) is 5.09. The summed E-state index contributed by atoms with van der Waals surface area (Å²) in [4.78, 5) is 10.9. The Labute approximate surface area is 87.7 Å². The molecule has 1 N–H and O–H groups in total. The molecule has 2 atom stereocenters. The van der Waals surface area contributed by atoms with Crippen LogP contribution in [-0.2, 0) is 10.2 Å². The Morgan fingerprint density at radius 1 is 1.67 bits per heavy atom. The molecule has 0 unspecified atom stereocenters. The van der Waals surface area contributed by atoms with Gasteiger partial charge < -0.3 is 5.11 Å². The second kappa shape index (κ2) is 3.33. The fourth-order valence-electron chi connectivity index (χ4n) is 2.34. The number of hydrogen-bond acceptors (Lipinski definition) is 1. The normalized spacial score (nSPS) is 28.8. The zero-order valence-corrected chi connectivity index (χ0v) is 8.53. The van der Waals surface area contributed by atoms with Crippen molar-refractivity contribution in [2.45, 2.75) is 25.2 Å². The molecular weight excluding hydrogens is 195 g/mol. The molecule has 2 nitrogen and oxygen atoms in total. The van der Waals surface area contributed by atoms with Crippen LogP contribution in [0.2, 0.25) is 0 Å². The summed E-state index contributed by atoms with van der Waals surface area (Å²) in [5.41, 5.74) is 0.492. The minimum atomic E-state index is -0.777. The van der Waals surface area contributed by atoms with Gasteiger partial charge in [-0.3, -0.25) is 4.79 Å². The molecule has 0 amide bonds. The molecule has 1 aromatic carbocycles. The number of carboxylic acids is 1. The van der Waals surface area contributed by atoms with Crippen molar-refractivity contribution in [3.8, 4) is 0 Å². The topological polar surface area (TPSA) is 37.3 Å². The first-order chi connectivity index (χ1) is 7.10. The number of carbonyl (C=O) groups is 1. The lowest BCUT2D eigenvalue weighted by molar-refractivity contribution is -0.139. The van der Waals surface area contributed by atoms with E-state index in [0.29, 0.717) is 6.42 Å². The zero-order chi connectivity index (χ0) is 11.1. The van der Waals surface area contributed by atoms with Crippen LogP contribution in [0.15, 0.2) is 24.3 Å². The van der Waals surface area contributed by atoms with Crippen LogP contribution in [-0.4, -0.2) is 11.1 Å². The Kier molecular flexibility index (Phi) is 2.25. The van der Waals surface area contributed by atoms with E-state index >= 15 is 0 Å². The summed E-state index contributed by atoms with van der Waals surface area (Å²) in [5, 5.41) is 8.96. The minimum Gasteiger partial charge on any atom is -0.481 e. The maximum Gasteiger partial charge on any atom is 0.307 e. The highest BCUT2D eigenvalue weighted by Gasteiger charge is 2.58. The van der Waals surface area contributed by atoms with Gasteiger partial charge in [-0.15, -0.1) is 0 Å². The molecule has 0 spiro atoms. The van der Waals surface area contributed by atoms with Gasteiger partial charge in [-0.1, -0.05) is 19.1 Å². The monoisotopic (exact) mass is 208 g/mol. The van der Waals surface area contributed by atoms with Gasteiger partial charge in [0, 0.05) is 5.41 Å². The molecule has 0 aromatic heterocycles. The highest BCUT2D eigenvalue weighted by molar-refractivity contribution is 5.77. The standard InChI is InChI=1S/C12H13FO2/c1-2-12(7-10(12)11(14)15)8-4-3-5-9(13)6-8/h3-6,10H,2,7H2,1H3,(H,14,15)/t10-,12+/m1/s1. The molecule has 0 heterocycles. The van der Waals surface area contributed by atoms with E-state index in [0.717, 1.165) is 12.0 Å². The van der Waals surface area contributed by atoms with Crippen molar-refractivity contribution in [3.05, 3.63) is 35.6 Å². The molecular formula is C12H13FO2. The van der Waals surface area contributed by atoms with E-state index in [1.807, 2.05) is 13.0 Å². The third-order valence-corrected chi connectivity index (χ3v) is 3.40. The third-order valence-electron chi connectivity index (χ3n) is 3.40. The van der Waals surface area contributed by atoms with E-state index < -0.39 is 5.97 Å². The molecule has 80 valence electrons. The van der Waals surface area contributed by atoms with Crippen molar-refractivity contribution in [1.82, 2.24) is 0 Å². The number of halogens is 1. The molecule has 0 saturated heterocycles. The average molecular weight is 208 g/mol. The Hall–Kier alpha value is -1.38. The quantitative estimate of drug-likeness (QED) is 0.828. The van der Waals surface area contributed by atoms with Gasteiger partial charge in [-0.25, -0.2) is 4.39 Å². The maximum absolute atomic E-state index is 13.0. The summed E-state index contributed by atoms with van der Waals surface area (Å²) < 4.78 is 13.0. The molecule has 0 aliphatic heterocycles. The SMILES string of the molecule is CC[C@@]1(c2cccc(F)c2)C[C@@H]1C(=O)O. The van der Waals surface area contributed by atoms with Gasteiger partial charge in [0.05, 0.1) is 5.92 Å². The van der Waals surface area contributed by atoms with Gasteiger partial charge in [0.2, 0.25) is 0 Å². The number of hydrogen-bond donors (Lipinski definition) is 1. The fourth-order valence-corrected chi connectivity index (χ4v) is 2.34. The predicted molar refractivity (Wildman–Crippen MR) is 54.1 cm³/mol. The van der Waals surface area contributed by atoms with E-state index in [1.54, 1.807) is 6.07 Å². The van der Waals surface area contributed by atoms with Crippen LogP contribution < -0.4 is 0 Å². The van der Waals surface area contributed by atoms with Crippen LogP contribution in [0, 0.1) is 11.7 Å². The highest BCUT2D eigenvalue weighted by atomic mass is 19.1. The van der Waals surface area contributed by atoms with Gasteiger partial charge in [0.1, 0.15) is 5.82 Å². The molecule has 3 heteroatoms. The first kappa shape index (κ1) is 10.1. The Morgan fingerprint density at radius 2 is 2.40 bits per heavy atom. The number of benzene rings is 1. The molecule has 0 radical (unpaired) electrons. The maximum atomic E-state index is 13.0. The van der Waals surface area contributed by atoms with Crippen LogP contribution in [0.4, 0.5) is 4.39 Å². The average Bonchev–Trinajstić information content (AvgIpc) is 2.93. The number of carboxylic acid groups (broad SMARTS) is 1. The fraction of sp³-hybridized carbons (Fsp3) is 0.417. The second-order valence-corrected chi connectivity index (χ2v) is 4.11. The molecule has 1 aliphatic carbocycles.